The normalized spacial score (nSPS) is 11.9. The van der Waals surface area contributed by atoms with Gasteiger partial charge in [-0.05, 0) is 30.5 Å². The molecule has 1 aromatic heterocycles. The SMILES string of the molecule is CCC(C(=O)Nc1ncccc1C)c1ccccc1. The van der Waals surface area contributed by atoms with Crippen molar-refractivity contribution < 1.29 is 4.79 Å². The molecule has 1 unspecified atom stereocenters. The van der Waals surface area contributed by atoms with E-state index < -0.39 is 0 Å². The molecule has 98 valence electrons. The number of nitrogens with one attached hydrogen (secondary N) is 1. The zero-order valence-electron chi connectivity index (χ0n) is 11.3. The van der Waals surface area contributed by atoms with E-state index in [-0.39, 0.29) is 11.8 Å². The average molecular weight is 254 g/mol. The summed E-state index contributed by atoms with van der Waals surface area (Å²) in [6.45, 7) is 3.95. The summed E-state index contributed by atoms with van der Waals surface area (Å²) in [6, 6.07) is 13.6. The molecule has 3 nitrogen and oxygen atoms in total. The smallest absolute Gasteiger partial charge is 0.233 e. The summed E-state index contributed by atoms with van der Waals surface area (Å²) in [5.41, 5.74) is 2.01. The van der Waals surface area contributed by atoms with Crippen molar-refractivity contribution in [2.75, 3.05) is 5.32 Å². The van der Waals surface area contributed by atoms with E-state index in [0.717, 1.165) is 17.5 Å². The van der Waals surface area contributed by atoms with Gasteiger partial charge in [0.1, 0.15) is 5.82 Å². The summed E-state index contributed by atoms with van der Waals surface area (Å²) in [5.74, 6) is 0.500. The number of aromatic nitrogens is 1. The number of pyridine rings is 1. The first-order chi connectivity index (χ1) is 9.22. The van der Waals surface area contributed by atoms with Crippen molar-refractivity contribution in [3.63, 3.8) is 0 Å². The Morgan fingerprint density at radius 2 is 1.95 bits per heavy atom. The number of rotatable bonds is 4. The van der Waals surface area contributed by atoms with Crippen LogP contribution in [0.4, 0.5) is 5.82 Å². The van der Waals surface area contributed by atoms with Crippen LogP contribution in [0.1, 0.15) is 30.4 Å². The molecule has 0 aliphatic heterocycles. The standard InChI is InChI=1S/C16H18N2O/c1-3-14(13-9-5-4-6-10-13)16(19)18-15-12(2)8-7-11-17-15/h4-11,14H,3H2,1-2H3,(H,17,18,19). The third-order valence-corrected chi connectivity index (χ3v) is 3.18. The third-order valence-electron chi connectivity index (χ3n) is 3.18. The van der Waals surface area contributed by atoms with Crippen LogP contribution in [0.3, 0.4) is 0 Å². The first-order valence-corrected chi connectivity index (χ1v) is 6.49. The molecule has 1 amide bonds. The number of benzene rings is 1. The topological polar surface area (TPSA) is 42.0 Å². The maximum Gasteiger partial charge on any atom is 0.233 e. The lowest BCUT2D eigenvalue weighted by Gasteiger charge is -2.15. The van der Waals surface area contributed by atoms with Gasteiger partial charge in [0.15, 0.2) is 0 Å². The first-order valence-electron chi connectivity index (χ1n) is 6.49. The summed E-state index contributed by atoms with van der Waals surface area (Å²) in [6.07, 6.45) is 2.45. The zero-order chi connectivity index (χ0) is 13.7. The van der Waals surface area contributed by atoms with E-state index in [1.165, 1.54) is 0 Å². The van der Waals surface area contributed by atoms with Crippen molar-refractivity contribution >= 4 is 11.7 Å². The number of carbonyl (C=O) groups excluding carboxylic acids is 1. The number of hydrogen-bond acceptors (Lipinski definition) is 2. The molecule has 0 saturated carbocycles. The highest BCUT2D eigenvalue weighted by molar-refractivity contribution is 5.95. The molecule has 1 atom stereocenters. The average Bonchev–Trinajstić information content (AvgIpc) is 2.43. The van der Waals surface area contributed by atoms with Gasteiger partial charge >= 0.3 is 0 Å². The molecule has 1 N–H and O–H groups in total. The molecule has 0 bridgehead atoms. The van der Waals surface area contributed by atoms with Crippen LogP contribution in [0.25, 0.3) is 0 Å². The second-order valence-corrected chi connectivity index (χ2v) is 4.53. The van der Waals surface area contributed by atoms with Crippen LogP contribution in [0.5, 0.6) is 0 Å². The number of hydrogen-bond donors (Lipinski definition) is 1. The van der Waals surface area contributed by atoms with Gasteiger partial charge in [-0.2, -0.15) is 0 Å². The van der Waals surface area contributed by atoms with E-state index >= 15 is 0 Å². The van der Waals surface area contributed by atoms with Crippen LogP contribution in [0, 0.1) is 6.92 Å². The highest BCUT2D eigenvalue weighted by Gasteiger charge is 2.19. The van der Waals surface area contributed by atoms with Crippen LogP contribution in [0.2, 0.25) is 0 Å². The molecule has 0 radical (unpaired) electrons. The van der Waals surface area contributed by atoms with Crippen molar-refractivity contribution in [1.29, 1.82) is 0 Å². The van der Waals surface area contributed by atoms with Crippen LogP contribution >= 0.6 is 0 Å². The van der Waals surface area contributed by atoms with E-state index in [1.807, 2.05) is 56.3 Å². The van der Waals surface area contributed by atoms with Crippen molar-refractivity contribution in [3.05, 3.63) is 59.8 Å². The number of carbonyl (C=O) groups is 1. The highest BCUT2D eigenvalue weighted by atomic mass is 16.1. The minimum atomic E-state index is -0.136. The molecule has 0 aliphatic rings. The largest absolute Gasteiger partial charge is 0.310 e. The predicted molar refractivity (Wildman–Crippen MR) is 77.1 cm³/mol. The van der Waals surface area contributed by atoms with E-state index in [4.69, 9.17) is 0 Å². The maximum absolute atomic E-state index is 12.3. The van der Waals surface area contributed by atoms with Crippen LogP contribution < -0.4 is 5.32 Å². The summed E-state index contributed by atoms with van der Waals surface area (Å²) >= 11 is 0. The lowest BCUT2D eigenvalue weighted by molar-refractivity contribution is -0.117. The van der Waals surface area contributed by atoms with Gasteiger partial charge in [0.05, 0.1) is 5.92 Å². The molecular weight excluding hydrogens is 236 g/mol. The van der Waals surface area contributed by atoms with E-state index in [0.29, 0.717) is 5.82 Å². The second-order valence-electron chi connectivity index (χ2n) is 4.53. The quantitative estimate of drug-likeness (QED) is 0.907. The Hall–Kier alpha value is -2.16. The molecular formula is C16H18N2O. The number of amides is 1. The van der Waals surface area contributed by atoms with E-state index in [2.05, 4.69) is 10.3 Å². The van der Waals surface area contributed by atoms with Gasteiger partial charge in [-0.25, -0.2) is 4.98 Å². The van der Waals surface area contributed by atoms with Gasteiger partial charge in [-0.3, -0.25) is 4.79 Å². The van der Waals surface area contributed by atoms with Gasteiger partial charge in [-0.1, -0.05) is 43.3 Å². The van der Waals surface area contributed by atoms with E-state index in [1.54, 1.807) is 6.20 Å². The molecule has 0 fully saturated rings. The van der Waals surface area contributed by atoms with Crippen LogP contribution in [-0.4, -0.2) is 10.9 Å². The van der Waals surface area contributed by atoms with Gasteiger partial charge in [-0.15, -0.1) is 0 Å². The van der Waals surface area contributed by atoms with Gasteiger partial charge in [0.25, 0.3) is 0 Å². The Morgan fingerprint density at radius 3 is 2.58 bits per heavy atom. The first kappa shape index (κ1) is 13.3. The maximum atomic E-state index is 12.3. The number of anilines is 1. The Bertz CT molecular complexity index is 552. The third kappa shape index (κ3) is 3.19. The van der Waals surface area contributed by atoms with Gasteiger partial charge in [0, 0.05) is 6.20 Å². The molecule has 2 aromatic rings. The van der Waals surface area contributed by atoms with Gasteiger partial charge < -0.3 is 5.32 Å². The Morgan fingerprint density at radius 1 is 1.21 bits per heavy atom. The fourth-order valence-corrected chi connectivity index (χ4v) is 2.08. The van der Waals surface area contributed by atoms with E-state index in [9.17, 15) is 4.79 Å². The molecule has 3 heteroatoms. The van der Waals surface area contributed by atoms with Crippen LogP contribution in [0.15, 0.2) is 48.7 Å². The monoisotopic (exact) mass is 254 g/mol. The summed E-state index contributed by atoms with van der Waals surface area (Å²) in [4.78, 5) is 16.5. The van der Waals surface area contributed by atoms with Crippen molar-refractivity contribution in [2.45, 2.75) is 26.2 Å². The molecule has 0 saturated heterocycles. The Labute approximate surface area is 113 Å². The highest BCUT2D eigenvalue weighted by Crippen LogP contribution is 2.21. The summed E-state index contributed by atoms with van der Waals surface area (Å²) in [5, 5.41) is 2.91. The number of nitrogens with zero attached hydrogens (tertiary/aromatic N) is 1. The minimum absolute atomic E-state index is 0.00417. The minimum Gasteiger partial charge on any atom is -0.310 e. The predicted octanol–water partition coefficient (Wildman–Crippen LogP) is 3.52. The molecule has 0 spiro atoms. The van der Waals surface area contributed by atoms with Crippen molar-refractivity contribution in [2.24, 2.45) is 0 Å². The lowest BCUT2D eigenvalue weighted by Crippen LogP contribution is -2.21. The number of aryl methyl sites for hydroxylation is 1. The zero-order valence-corrected chi connectivity index (χ0v) is 11.3. The lowest BCUT2D eigenvalue weighted by atomic mass is 9.95. The van der Waals surface area contributed by atoms with Crippen molar-refractivity contribution in [3.8, 4) is 0 Å². The molecule has 19 heavy (non-hydrogen) atoms. The molecule has 0 aliphatic carbocycles. The fourth-order valence-electron chi connectivity index (χ4n) is 2.08. The fraction of sp³-hybridized carbons (Fsp3) is 0.250. The van der Waals surface area contributed by atoms with Crippen LogP contribution in [-0.2, 0) is 4.79 Å². The molecule has 2 rings (SSSR count). The Balaban J connectivity index is 2.17. The Kier molecular flexibility index (Phi) is 4.29. The summed E-state index contributed by atoms with van der Waals surface area (Å²) in [7, 11) is 0. The van der Waals surface area contributed by atoms with Crippen molar-refractivity contribution in [1.82, 2.24) is 4.98 Å². The summed E-state index contributed by atoms with van der Waals surface area (Å²) < 4.78 is 0. The van der Waals surface area contributed by atoms with Gasteiger partial charge in [0.2, 0.25) is 5.91 Å². The molecule has 1 heterocycles. The second kappa shape index (κ2) is 6.14. The molecule has 1 aromatic carbocycles.